The van der Waals surface area contributed by atoms with Crippen molar-refractivity contribution in [3.63, 3.8) is 0 Å². The first kappa shape index (κ1) is 24.4. The molecule has 9 heteroatoms. The number of nitrogens with zero attached hydrogens (tertiary/aromatic N) is 3. The highest BCUT2D eigenvalue weighted by molar-refractivity contribution is 7.15. The highest BCUT2D eigenvalue weighted by Gasteiger charge is 2.36. The van der Waals surface area contributed by atoms with Crippen LogP contribution in [0.2, 0.25) is 0 Å². The average Bonchev–Trinajstić information content (AvgIpc) is 3.45. The SMILES string of the molecule is CCOC(=O)CCNC(=O)N1Cc2c(sc3c2CCN(C)C3)-n2cccc2[C@@H]1c1ccc(OC)cc1. The summed E-state index contributed by atoms with van der Waals surface area (Å²) in [4.78, 5) is 31.2. The Morgan fingerprint density at radius 2 is 1.94 bits per heavy atom. The zero-order valence-electron chi connectivity index (χ0n) is 21.0. The van der Waals surface area contributed by atoms with Gasteiger partial charge in [-0.1, -0.05) is 12.1 Å². The molecule has 0 spiro atoms. The van der Waals surface area contributed by atoms with Crippen LogP contribution in [0.25, 0.3) is 5.00 Å². The lowest BCUT2D eigenvalue weighted by Crippen LogP contribution is -2.43. The van der Waals surface area contributed by atoms with Crippen LogP contribution in [0, 0.1) is 0 Å². The summed E-state index contributed by atoms with van der Waals surface area (Å²) < 4.78 is 12.6. The van der Waals surface area contributed by atoms with Gasteiger partial charge in [0.05, 0.1) is 38.4 Å². The maximum absolute atomic E-state index is 13.7. The number of thiophene rings is 1. The van der Waals surface area contributed by atoms with E-state index in [1.807, 2.05) is 46.6 Å². The molecule has 190 valence electrons. The first-order valence-electron chi connectivity index (χ1n) is 12.3. The van der Waals surface area contributed by atoms with E-state index in [-0.39, 0.29) is 31.0 Å². The van der Waals surface area contributed by atoms with Gasteiger partial charge in [-0.2, -0.15) is 0 Å². The first-order chi connectivity index (χ1) is 17.5. The minimum atomic E-state index is -0.312. The van der Waals surface area contributed by atoms with Crippen molar-refractivity contribution in [1.82, 2.24) is 19.7 Å². The number of ether oxygens (including phenoxy) is 2. The second-order valence-corrected chi connectivity index (χ2v) is 10.3. The molecule has 1 atom stereocenters. The molecule has 0 bridgehead atoms. The van der Waals surface area contributed by atoms with Gasteiger partial charge in [-0.05, 0) is 55.8 Å². The molecule has 2 aliphatic heterocycles. The monoisotopic (exact) mass is 508 g/mol. The fourth-order valence-electron chi connectivity index (χ4n) is 5.10. The minimum absolute atomic E-state index is 0.141. The summed E-state index contributed by atoms with van der Waals surface area (Å²) in [6, 6.07) is 11.5. The largest absolute Gasteiger partial charge is 0.497 e. The van der Waals surface area contributed by atoms with Gasteiger partial charge < -0.3 is 29.2 Å². The molecule has 0 radical (unpaired) electrons. The standard InChI is InChI=1S/C27H32N4O4S/c1-4-35-24(32)11-13-28-27(33)31-16-21-20-12-15-29(2)17-23(20)36-26(21)30-14-5-6-22(30)25(31)18-7-9-19(34-3)10-8-18/h5-10,14,25H,4,11-13,15-17H2,1-3H3,(H,28,33)/t25-/m0/s1. The van der Waals surface area contributed by atoms with Gasteiger partial charge in [0.25, 0.3) is 0 Å². The van der Waals surface area contributed by atoms with Crippen molar-refractivity contribution in [2.75, 3.05) is 33.9 Å². The van der Waals surface area contributed by atoms with Gasteiger partial charge in [0, 0.05) is 36.3 Å². The number of fused-ring (bicyclic) bond motifs is 5. The van der Waals surface area contributed by atoms with Crippen LogP contribution in [0.4, 0.5) is 4.79 Å². The van der Waals surface area contributed by atoms with Crippen LogP contribution in [-0.4, -0.2) is 60.2 Å². The van der Waals surface area contributed by atoms with Crippen LogP contribution in [-0.2, 0) is 29.0 Å². The average molecular weight is 509 g/mol. The normalized spacial score (nSPS) is 17.0. The van der Waals surface area contributed by atoms with Crippen molar-refractivity contribution in [2.45, 2.75) is 38.9 Å². The first-order valence-corrected chi connectivity index (χ1v) is 13.2. The zero-order valence-corrected chi connectivity index (χ0v) is 21.8. The van der Waals surface area contributed by atoms with Crippen molar-refractivity contribution in [3.05, 3.63) is 69.9 Å². The number of carbonyl (C=O) groups excluding carboxylic acids is 2. The molecule has 0 unspecified atom stereocenters. The number of esters is 1. The lowest BCUT2D eigenvalue weighted by atomic mass is 10.00. The second-order valence-electron chi connectivity index (χ2n) is 9.17. The number of rotatable bonds is 6. The molecular weight excluding hydrogens is 476 g/mol. The van der Waals surface area contributed by atoms with E-state index in [9.17, 15) is 9.59 Å². The topological polar surface area (TPSA) is 76.0 Å². The molecule has 0 saturated carbocycles. The number of carbonyl (C=O) groups is 2. The predicted molar refractivity (Wildman–Crippen MR) is 139 cm³/mol. The number of methoxy groups -OCH3 is 1. The molecule has 8 nitrogen and oxygen atoms in total. The molecule has 1 aromatic carbocycles. The lowest BCUT2D eigenvalue weighted by molar-refractivity contribution is -0.142. The third kappa shape index (κ3) is 4.60. The molecule has 5 rings (SSSR count). The van der Waals surface area contributed by atoms with Gasteiger partial charge in [-0.15, -0.1) is 11.3 Å². The molecule has 1 N–H and O–H groups in total. The van der Waals surface area contributed by atoms with E-state index in [2.05, 4.69) is 34.1 Å². The number of aromatic nitrogens is 1. The fraction of sp³-hybridized carbons (Fsp3) is 0.407. The third-order valence-electron chi connectivity index (χ3n) is 6.86. The molecule has 3 aromatic rings. The van der Waals surface area contributed by atoms with E-state index in [1.165, 1.54) is 21.0 Å². The molecular formula is C27H32N4O4S. The summed E-state index contributed by atoms with van der Waals surface area (Å²) in [5.41, 5.74) is 4.62. The van der Waals surface area contributed by atoms with Crippen LogP contribution in [0.15, 0.2) is 42.6 Å². The fourth-order valence-corrected chi connectivity index (χ4v) is 6.54. The highest BCUT2D eigenvalue weighted by Crippen LogP contribution is 2.43. The van der Waals surface area contributed by atoms with E-state index >= 15 is 0 Å². The Kier molecular flexibility index (Phi) is 7.02. The summed E-state index contributed by atoms with van der Waals surface area (Å²) in [5.74, 6) is 0.457. The van der Waals surface area contributed by atoms with Gasteiger partial charge in [-0.3, -0.25) is 4.79 Å². The quantitative estimate of drug-likeness (QED) is 0.508. The van der Waals surface area contributed by atoms with Crippen LogP contribution in [0.5, 0.6) is 5.75 Å². The van der Waals surface area contributed by atoms with Gasteiger partial charge >= 0.3 is 12.0 Å². The maximum atomic E-state index is 13.7. The summed E-state index contributed by atoms with van der Waals surface area (Å²) in [6.07, 6.45) is 3.21. The molecule has 4 heterocycles. The van der Waals surface area contributed by atoms with E-state index < -0.39 is 0 Å². The molecule has 2 amide bonds. The Labute approximate surface area is 215 Å². The Morgan fingerprint density at radius 1 is 1.14 bits per heavy atom. The van der Waals surface area contributed by atoms with E-state index in [0.29, 0.717) is 13.2 Å². The summed E-state index contributed by atoms with van der Waals surface area (Å²) >= 11 is 1.83. The van der Waals surface area contributed by atoms with E-state index in [1.54, 1.807) is 14.0 Å². The van der Waals surface area contributed by atoms with Gasteiger partial charge in [0.15, 0.2) is 0 Å². The number of hydrogen-bond acceptors (Lipinski definition) is 6. The van der Waals surface area contributed by atoms with Gasteiger partial charge in [-0.25, -0.2) is 4.79 Å². The molecule has 0 saturated heterocycles. The third-order valence-corrected chi connectivity index (χ3v) is 8.12. The molecule has 36 heavy (non-hydrogen) atoms. The van der Waals surface area contributed by atoms with Crippen molar-refractivity contribution >= 4 is 23.3 Å². The number of amides is 2. The molecule has 0 aliphatic carbocycles. The Balaban J connectivity index is 1.54. The number of likely N-dealkylation sites (N-methyl/N-ethyl adjacent to an activating group) is 1. The van der Waals surface area contributed by atoms with Crippen LogP contribution < -0.4 is 10.1 Å². The Morgan fingerprint density at radius 3 is 2.69 bits per heavy atom. The highest BCUT2D eigenvalue weighted by atomic mass is 32.1. The Hall–Kier alpha value is -3.30. The van der Waals surface area contributed by atoms with Crippen LogP contribution in [0.1, 0.15) is 46.6 Å². The maximum Gasteiger partial charge on any atom is 0.318 e. The number of urea groups is 1. The van der Waals surface area contributed by atoms with Crippen molar-refractivity contribution in [1.29, 1.82) is 0 Å². The Bertz CT molecular complexity index is 1250. The van der Waals surface area contributed by atoms with E-state index in [4.69, 9.17) is 9.47 Å². The van der Waals surface area contributed by atoms with Crippen LogP contribution >= 0.6 is 11.3 Å². The van der Waals surface area contributed by atoms with Crippen molar-refractivity contribution < 1.29 is 19.1 Å². The van der Waals surface area contributed by atoms with Crippen molar-refractivity contribution in [2.24, 2.45) is 0 Å². The van der Waals surface area contributed by atoms with Crippen molar-refractivity contribution in [3.8, 4) is 10.8 Å². The van der Waals surface area contributed by atoms with Crippen LogP contribution in [0.3, 0.4) is 0 Å². The minimum Gasteiger partial charge on any atom is -0.497 e. The molecule has 2 aromatic heterocycles. The number of hydrogen-bond donors (Lipinski definition) is 1. The zero-order chi connectivity index (χ0) is 25.2. The van der Waals surface area contributed by atoms with Gasteiger partial charge in [0.1, 0.15) is 10.8 Å². The smallest absolute Gasteiger partial charge is 0.318 e. The van der Waals surface area contributed by atoms with E-state index in [0.717, 1.165) is 36.5 Å². The molecule has 0 fully saturated rings. The lowest BCUT2D eigenvalue weighted by Gasteiger charge is -2.32. The molecule has 2 aliphatic rings. The number of benzene rings is 1. The van der Waals surface area contributed by atoms with Gasteiger partial charge in [0.2, 0.25) is 0 Å². The summed E-state index contributed by atoms with van der Waals surface area (Å²) in [7, 11) is 3.80. The second kappa shape index (κ2) is 10.4. The summed E-state index contributed by atoms with van der Waals surface area (Å²) in [5, 5.41) is 4.16. The summed E-state index contributed by atoms with van der Waals surface area (Å²) in [6.45, 7) is 4.76. The number of nitrogens with one attached hydrogen (secondary N) is 1. The predicted octanol–water partition coefficient (Wildman–Crippen LogP) is 4.10.